The zero-order chi connectivity index (χ0) is 14.1. The van der Waals surface area contributed by atoms with Crippen molar-refractivity contribution in [3.8, 4) is 0 Å². The summed E-state index contributed by atoms with van der Waals surface area (Å²) in [6.45, 7) is 2.86. The van der Waals surface area contributed by atoms with Crippen LogP contribution in [0.3, 0.4) is 0 Å². The summed E-state index contributed by atoms with van der Waals surface area (Å²) < 4.78 is 0. The highest BCUT2D eigenvalue weighted by molar-refractivity contribution is 5.85. The number of carbonyl (C=O) groups is 2. The van der Waals surface area contributed by atoms with Gasteiger partial charge in [0.05, 0.1) is 5.92 Å². The van der Waals surface area contributed by atoms with Crippen molar-refractivity contribution in [1.29, 1.82) is 0 Å². The van der Waals surface area contributed by atoms with Gasteiger partial charge >= 0.3 is 0 Å². The number of amides is 2. The molecule has 3 rings (SSSR count). The van der Waals surface area contributed by atoms with Gasteiger partial charge in [-0.2, -0.15) is 0 Å². The zero-order valence-corrected chi connectivity index (χ0v) is 13.3. The first-order valence-electron chi connectivity index (χ1n) is 8.00. The Morgan fingerprint density at radius 2 is 1.67 bits per heavy atom. The van der Waals surface area contributed by atoms with Crippen molar-refractivity contribution < 1.29 is 9.59 Å². The van der Waals surface area contributed by atoms with E-state index in [0.29, 0.717) is 13.1 Å². The number of piperidine rings is 1. The van der Waals surface area contributed by atoms with Gasteiger partial charge in [-0.3, -0.25) is 9.59 Å². The van der Waals surface area contributed by atoms with Crippen molar-refractivity contribution in [2.75, 3.05) is 26.2 Å². The molecule has 2 amide bonds. The topological polar surface area (TPSA) is 66.6 Å². The molecule has 2 saturated heterocycles. The van der Waals surface area contributed by atoms with Gasteiger partial charge in [-0.05, 0) is 38.5 Å². The van der Waals surface area contributed by atoms with Crippen LogP contribution in [-0.2, 0) is 9.59 Å². The average molecular weight is 316 g/mol. The first kappa shape index (κ1) is 16.6. The Balaban J connectivity index is 0.00000161. The summed E-state index contributed by atoms with van der Waals surface area (Å²) in [7, 11) is 0. The second kappa shape index (κ2) is 6.97. The Hall–Kier alpha value is -0.810. The van der Waals surface area contributed by atoms with Crippen molar-refractivity contribution in [2.24, 2.45) is 17.6 Å². The highest BCUT2D eigenvalue weighted by atomic mass is 35.5. The monoisotopic (exact) mass is 315 g/mol. The first-order valence-corrected chi connectivity index (χ1v) is 8.00. The number of nitrogens with two attached hydrogens (primary N) is 1. The lowest BCUT2D eigenvalue weighted by atomic mass is 9.95. The van der Waals surface area contributed by atoms with E-state index in [4.69, 9.17) is 5.73 Å². The van der Waals surface area contributed by atoms with Crippen molar-refractivity contribution in [3.05, 3.63) is 0 Å². The molecule has 120 valence electrons. The minimum Gasteiger partial charge on any atom is -0.342 e. The van der Waals surface area contributed by atoms with Gasteiger partial charge in [0, 0.05) is 38.1 Å². The lowest BCUT2D eigenvalue weighted by molar-refractivity contribution is -0.141. The van der Waals surface area contributed by atoms with Gasteiger partial charge in [0.25, 0.3) is 0 Å². The van der Waals surface area contributed by atoms with E-state index in [1.165, 1.54) is 0 Å². The number of likely N-dealkylation sites (tertiary alicyclic amines) is 2. The van der Waals surface area contributed by atoms with Crippen LogP contribution in [0.15, 0.2) is 0 Å². The Bertz CT molecular complexity index is 400. The SMILES string of the molecule is Cl.NCC1CCCN1C(=O)C1CCCN(C(=O)C2CC2)C1. The Morgan fingerprint density at radius 3 is 2.33 bits per heavy atom. The molecule has 0 aromatic heterocycles. The predicted octanol–water partition coefficient (Wildman–Crippen LogP) is 1.01. The summed E-state index contributed by atoms with van der Waals surface area (Å²) in [4.78, 5) is 28.7. The molecule has 2 unspecified atom stereocenters. The summed E-state index contributed by atoms with van der Waals surface area (Å²) in [5.74, 6) is 0.761. The second-order valence-corrected chi connectivity index (χ2v) is 6.46. The fourth-order valence-corrected chi connectivity index (χ4v) is 3.57. The lowest BCUT2D eigenvalue weighted by Crippen LogP contribution is -2.49. The van der Waals surface area contributed by atoms with E-state index < -0.39 is 0 Å². The maximum Gasteiger partial charge on any atom is 0.227 e. The van der Waals surface area contributed by atoms with Crippen LogP contribution in [0.4, 0.5) is 0 Å². The Labute approximate surface area is 132 Å². The van der Waals surface area contributed by atoms with E-state index in [-0.39, 0.29) is 42.1 Å². The number of rotatable bonds is 3. The van der Waals surface area contributed by atoms with Crippen LogP contribution in [0.1, 0.15) is 38.5 Å². The largest absolute Gasteiger partial charge is 0.342 e. The first-order chi connectivity index (χ1) is 9.70. The molecular formula is C15H26ClN3O2. The molecule has 6 heteroatoms. The molecule has 21 heavy (non-hydrogen) atoms. The maximum atomic E-state index is 12.7. The molecule has 3 fully saturated rings. The highest BCUT2D eigenvalue weighted by Crippen LogP contribution is 2.33. The summed E-state index contributed by atoms with van der Waals surface area (Å²) in [6.07, 6.45) is 6.03. The minimum atomic E-state index is -0.00130. The number of nitrogens with zero attached hydrogens (tertiary/aromatic N) is 2. The summed E-state index contributed by atoms with van der Waals surface area (Å²) in [5.41, 5.74) is 5.76. The maximum absolute atomic E-state index is 12.7. The van der Waals surface area contributed by atoms with Gasteiger partial charge in [-0.1, -0.05) is 0 Å². The van der Waals surface area contributed by atoms with E-state index >= 15 is 0 Å². The standard InChI is InChI=1S/C15H25N3O2.ClH/c16-9-13-4-2-8-18(13)15(20)12-3-1-7-17(10-12)14(19)11-5-6-11;/h11-13H,1-10,16H2;1H. The molecule has 2 aliphatic heterocycles. The third-order valence-corrected chi connectivity index (χ3v) is 4.94. The molecular weight excluding hydrogens is 290 g/mol. The second-order valence-electron chi connectivity index (χ2n) is 6.46. The average Bonchev–Trinajstić information content (AvgIpc) is 3.23. The minimum absolute atomic E-state index is 0. The molecule has 0 aromatic rings. The molecule has 0 spiro atoms. The van der Waals surface area contributed by atoms with Gasteiger partial charge in [0.1, 0.15) is 0 Å². The van der Waals surface area contributed by atoms with E-state index in [1.54, 1.807) is 0 Å². The third kappa shape index (κ3) is 3.51. The lowest BCUT2D eigenvalue weighted by Gasteiger charge is -2.35. The fraction of sp³-hybridized carbons (Fsp3) is 0.867. The van der Waals surface area contributed by atoms with Crippen LogP contribution in [0.25, 0.3) is 0 Å². The molecule has 3 aliphatic rings. The number of carbonyl (C=O) groups excluding carboxylic acids is 2. The number of hydrogen-bond acceptors (Lipinski definition) is 3. The van der Waals surface area contributed by atoms with Crippen molar-refractivity contribution in [2.45, 2.75) is 44.6 Å². The zero-order valence-electron chi connectivity index (χ0n) is 12.5. The normalized spacial score (nSPS) is 29.2. The molecule has 0 aromatic carbocycles. The van der Waals surface area contributed by atoms with Gasteiger partial charge in [0.15, 0.2) is 0 Å². The third-order valence-electron chi connectivity index (χ3n) is 4.94. The molecule has 2 N–H and O–H groups in total. The molecule has 2 heterocycles. The van der Waals surface area contributed by atoms with Crippen LogP contribution < -0.4 is 5.73 Å². The number of hydrogen-bond donors (Lipinski definition) is 1. The highest BCUT2D eigenvalue weighted by Gasteiger charge is 2.39. The molecule has 0 bridgehead atoms. The quantitative estimate of drug-likeness (QED) is 0.845. The van der Waals surface area contributed by atoms with E-state index in [1.807, 2.05) is 9.80 Å². The van der Waals surface area contributed by atoms with Gasteiger partial charge in [-0.15, -0.1) is 12.4 Å². The van der Waals surface area contributed by atoms with Gasteiger partial charge < -0.3 is 15.5 Å². The van der Waals surface area contributed by atoms with Crippen LogP contribution >= 0.6 is 12.4 Å². The van der Waals surface area contributed by atoms with Gasteiger partial charge in [-0.25, -0.2) is 0 Å². The van der Waals surface area contributed by atoms with Crippen molar-refractivity contribution >= 4 is 24.2 Å². The van der Waals surface area contributed by atoms with Crippen LogP contribution in [-0.4, -0.2) is 53.8 Å². The molecule has 2 atom stereocenters. The predicted molar refractivity (Wildman–Crippen MR) is 83.1 cm³/mol. The van der Waals surface area contributed by atoms with Crippen molar-refractivity contribution in [1.82, 2.24) is 9.80 Å². The molecule has 1 aliphatic carbocycles. The van der Waals surface area contributed by atoms with Crippen molar-refractivity contribution in [3.63, 3.8) is 0 Å². The molecule has 1 saturated carbocycles. The number of halogens is 1. The summed E-state index contributed by atoms with van der Waals surface area (Å²) in [6, 6.07) is 0.219. The van der Waals surface area contributed by atoms with Crippen LogP contribution in [0.5, 0.6) is 0 Å². The molecule has 5 nitrogen and oxygen atoms in total. The molecule has 0 radical (unpaired) electrons. The van der Waals surface area contributed by atoms with E-state index in [9.17, 15) is 9.59 Å². The van der Waals surface area contributed by atoms with E-state index in [0.717, 1.165) is 51.6 Å². The Morgan fingerprint density at radius 1 is 0.952 bits per heavy atom. The smallest absolute Gasteiger partial charge is 0.227 e. The fourth-order valence-electron chi connectivity index (χ4n) is 3.57. The van der Waals surface area contributed by atoms with E-state index in [2.05, 4.69) is 0 Å². The van der Waals surface area contributed by atoms with Crippen LogP contribution in [0, 0.1) is 11.8 Å². The Kier molecular flexibility index (Phi) is 5.49. The van der Waals surface area contributed by atoms with Gasteiger partial charge in [0.2, 0.25) is 11.8 Å². The summed E-state index contributed by atoms with van der Waals surface area (Å²) in [5, 5.41) is 0. The summed E-state index contributed by atoms with van der Waals surface area (Å²) >= 11 is 0. The van der Waals surface area contributed by atoms with Crippen LogP contribution in [0.2, 0.25) is 0 Å².